The van der Waals surface area contributed by atoms with Crippen molar-refractivity contribution >= 4 is 5.82 Å². The van der Waals surface area contributed by atoms with Crippen LogP contribution in [-0.2, 0) is 6.42 Å². The second-order valence-corrected chi connectivity index (χ2v) is 5.16. The molecule has 15 heavy (non-hydrogen) atoms. The Bertz CT molecular complexity index is 376. The monoisotopic (exact) mass is 205 g/mol. The van der Waals surface area contributed by atoms with E-state index in [1.54, 1.807) is 0 Å². The molecule has 1 heterocycles. The lowest BCUT2D eigenvalue weighted by atomic mass is 9.87. The number of aromatic amines is 1. The minimum Gasteiger partial charge on any atom is -0.382 e. The van der Waals surface area contributed by atoms with Crippen molar-refractivity contribution in [3.8, 4) is 0 Å². The molecule has 1 atom stereocenters. The van der Waals surface area contributed by atoms with Crippen LogP contribution in [0.4, 0.5) is 5.82 Å². The zero-order chi connectivity index (χ0) is 10.5. The molecule has 0 bridgehead atoms. The number of nitrogen functional groups attached to an aromatic ring is 1. The second kappa shape index (κ2) is 3.00. The zero-order valence-corrected chi connectivity index (χ0v) is 9.34. The quantitative estimate of drug-likeness (QED) is 0.779. The maximum atomic E-state index is 5.89. The molecule has 0 radical (unpaired) electrons. The Hall–Kier alpha value is -0.990. The molecule has 1 spiro atoms. The van der Waals surface area contributed by atoms with Gasteiger partial charge in [-0.15, -0.1) is 0 Å². The van der Waals surface area contributed by atoms with Gasteiger partial charge in [0.2, 0.25) is 0 Å². The fourth-order valence-electron chi connectivity index (χ4n) is 3.40. The fraction of sp³-hybridized carbons (Fsp3) is 0.750. The summed E-state index contributed by atoms with van der Waals surface area (Å²) < 4.78 is 0. The van der Waals surface area contributed by atoms with E-state index in [1.807, 2.05) is 0 Å². The number of nitrogens with two attached hydrogens (primary N) is 1. The molecular formula is C12H19N3. The number of nitrogens with zero attached hydrogens (tertiary/aromatic N) is 1. The predicted molar refractivity (Wildman–Crippen MR) is 60.6 cm³/mol. The summed E-state index contributed by atoms with van der Waals surface area (Å²) >= 11 is 0. The van der Waals surface area contributed by atoms with Crippen molar-refractivity contribution in [1.82, 2.24) is 10.2 Å². The molecule has 2 saturated carbocycles. The van der Waals surface area contributed by atoms with Gasteiger partial charge in [-0.05, 0) is 37.5 Å². The molecule has 0 amide bonds. The van der Waals surface area contributed by atoms with E-state index in [2.05, 4.69) is 17.1 Å². The summed E-state index contributed by atoms with van der Waals surface area (Å²) in [7, 11) is 0. The van der Waals surface area contributed by atoms with E-state index in [1.165, 1.54) is 43.4 Å². The van der Waals surface area contributed by atoms with Crippen LogP contribution in [0.5, 0.6) is 0 Å². The topological polar surface area (TPSA) is 54.7 Å². The number of H-pyrrole nitrogens is 1. The van der Waals surface area contributed by atoms with Gasteiger partial charge in [0.15, 0.2) is 0 Å². The molecular weight excluding hydrogens is 186 g/mol. The van der Waals surface area contributed by atoms with E-state index in [4.69, 9.17) is 5.73 Å². The highest BCUT2D eigenvalue weighted by Gasteiger charge is 2.53. The third-order valence-corrected chi connectivity index (χ3v) is 4.43. The van der Waals surface area contributed by atoms with Crippen LogP contribution in [0, 0.1) is 5.41 Å². The summed E-state index contributed by atoms with van der Waals surface area (Å²) in [6.45, 7) is 2.17. The van der Waals surface area contributed by atoms with Crippen LogP contribution < -0.4 is 5.73 Å². The zero-order valence-electron chi connectivity index (χ0n) is 9.34. The van der Waals surface area contributed by atoms with E-state index in [0.717, 1.165) is 18.2 Å². The predicted octanol–water partition coefficient (Wildman–Crippen LogP) is 2.60. The number of anilines is 1. The highest BCUT2D eigenvalue weighted by atomic mass is 15.2. The molecule has 2 aliphatic rings. The van der Waals surface area contributed by atoms with Gasteiger partial charge >= 0.3 is 0 Å². The normalized spacial score (nSPS) is 27.4. The maximum absolute atomic E-state index is 5.89. The van der Waals surface area contributed by atoms with E-state index >= 15 is 0 Å². The lowest BCUT2D eigenvalue weighted by molar-refractivity contribution is 0.454. The first-order valence-electron chi connectivity index (χ1n) is 6.09. The average Bonchev–Trinajstić information content (AvgIpc) is 2.72. The molecule has 0 aromatic carbocycles. The van der Waals surface area contributed by atoms with Crippen molar-refractivity contribution in [2.24, 2.45) is 5.41 Å². The van der Waals surface area contributed by atoms with Gasteiger partial charge in [-0.2, -0.15) is 5.10 Å². The Morgan fingerprint density at radius 2 is 2.27 bits per heavy atom. The number of rotatable bonds is 2. The van der Waals surface area contributed by atoms with E-state index < -0.39 is 0 Å². The first-order valence-corrected chi connectivity index (χ1v) is 6.09. The molecule has 2 aliphatic carbocycles. The van der Waals surface area contributed by atoms with Crippen LogP contribution in [0.3, 0.4) is 0 Å². The molecule has 0 aliphatic heterocycles. The molecule has 2 fully saturated rings. The smallest absolute Gasteiger partial charge is 0.148 e. The van der Waals surface area contributed by atoms with Gasteiger partial charge in [-0.25, -0.2) is 0 Å². The summed E-state index contributed by atoms with van der Waals surface area (Å²) in [6, 6.07) is 0. The Balaban J connectivity index is 1.98. The third kappa shape index (κ3) is 1.22. The molecule has 3 rings (SSSR count). The average molecular weight is 205 g/mol. The fourth-order valence-corrected chi connectivity index (χ4v) is 3.40. The van der Waals surface area contributed by atoms with Crippen LogP contribution in [0.15, 0.2) is 0 Å². The number of hydrogen-bond donors (Lipinski definition) is 2. The van der Waals surface area contributed by atoms with Gasteiger partial charge in [0, 0.05) is 17.2 Å². The molecule has 3 heteroatoms. The molecule has 3 N–H and O–H groups in total. The molecule has 82 valence electrons. The minimum absolute atomic E-state index is 0.642. The standard InChI is InChI=1S/C12H19N3/c1-2-8-10(14-15-11(8)13)9-4-3-5-12(9)6-7-12/h9H,2-7H2,1H3,(H3,13,14,15). The lowest BCUT2D eigenvalue weighted by Crippen LogP contribution is -2.09. The van der Waals surface area contributed by atoms with Crippen LogP contribution in [-0.4, -0.2) is 10.2 Å². The molecule has 3 nitrogen and oxygen atoms in total. The van der Waals surface area contributed by atoms with Crippen molar-refractivity contribution in [3.63, 3.8) is 0 Å². The van der Waals surface area contributed by atoms with Crippen LogP contribution in [0.1, 0.15) is 56.2 Å². The number of hydrogen-bond acceptors (Lipinski definition) is 2. The highest BCUT2D eigenvalue weighted by Crippen LogP contribution is 2.65. The van der Waals surface area contributed by atoms with Crippen molar-refractivity contribution in [2.75, 3.05) is 5.73 Å². The van der Waals surface area contributed by atoms with Gasteiger partial charge in [-0.1, -0.05) is 13.3 Å². The van der Waals surface area contributed by atoms with Gasteiger partial charge in [0.05, 0.1) is 0 Å². The minimum atomic E-state index is 0.642. The lowest BCUT2D eigenvalue weighted by Gasteiger charge is -2.18. The van der Waals surface area contributed by atoms with Gasteiger partial charge in [0.1, 0.15) is 5.82 Å². The van der Waals surface area contributed by atoms with Crippen LogP contribution in [0.25, 0.3) is 0 Å². The largest absolute Gasteiger partial charge is 0.382 e. The van der Waals surface area contributed by atoms with Gasteiger partial charge < -0.3 is 5.73 Å². The highest BCUT2D eigenvalue weighted by molar-refractivity contribution is 5.44. The second-order valence-electron chi connectivity index (χ2n) is 5.16. The summed E-state index contributed by atoms with van der Waals surface area (Å²) in [4.78, 5) is 0. The van der Waals surface area contributed by atoms with E-state index in [0.29, 0.717) is 5.41 Å². The summed E-state index contributed by atoms with van der Waals surface area (Å²) in [6.07, 6.45) is 7.96. The Labute approximate surface area is 90.4 Å². The molecule has 1 aromatic heterocycles. The van der Waals surface area contributed by atoms with Gasteiger partial charge in [-0.3, -0.25) is 5.10 Å². The Morgan fingerprint density at radius 1 is 1.47 bits per heavy atom. The third-order valence-electron chi connectivity index (χ3n) is 4.43. The van der Waals surface area contributed by atoms with Crippen LogP contribution in [0.2, 0.25) is 0 Å². The van der Waals surface area contributed by atoms with E-state index in [-0.39, 0.29) is 0 Å². The first-order chi connectivity index (χ1) is 7.27. The van der Waals surface area contributed by atoms with Crippen molar-refractivity contribution < 1.29 is 0 Å². The molecule has 1 aromatic rings. The summed E-state index contributed by atoms with van der Waals surface area (Å²) in [5.74, 6) is 1.44. The van der Waals surface area contributed by atoms with Crippen LogP contribution >= 0.6 is 0 Å². The molecule has 0 saturated heterocycles. The summed E-state index contributed by atoms with van der Waals surface area (Å²) in [5, 5.41) is 7.37. The first kappa shape index (κ1) is 9.25. The van der Waals surface area contributed by atoms with Crippen molar-refractivity contribution in [1.29, 1.82) is 0 Å². The van der Waals surface area contributed by atoms with E-state index in [9.17, 15) is 0 Å². The SMILES string of the molecule is CCc1c(N)n[nH]c1C1CCCC12CC2. The van der Waals surface area contributed by atoms with Crippen molar-refractivity contribution in [2.45, 2.75) is 51.4 Å². The van der Waals surface area contributed by atoms with Gasteiger partial charge in [0.25, 0.3) is 0 Å². The van der Waals surface area contributed by atoms with Crippen molar-refractivity contribution in [3.05, 3.63) is 11.3 Å². The Kier molecular flexibility index (Phi) is 1.85. The summed E-state index contributed by atoms with van der Waals surface area (Å²) in [5.41, 5.74) is 9.15. The Morgan fingerprint density at radius 3 is 2.93 bits per heavy atom. The maximum Gasteiger partial charge on any atom is 0.148 e. The number of nitrogens with one attached hydrogen (secondary N) is 1. The molecule has 1 unspecified atom stereocenters. The number of aromatic nitrogens is 2.